The molecule has 0 spiro atoms. The van der Waals surface area contributed by atoms with Crippen molar-refractivity contribution >= 4 is 16.7 Å². The molecule has 0 radical (unpaired) electrons. The second kappa shape index (κ2) is 9.27. The number of hydrogen-bond acceptors (Lipinski definition) is 4. The van der Waals surface area contributed by atoms with E-state index in [2.05, 4.69) is 20.5 Å². The predicted octanol–water partition coefficient (Wildman–Crippen LogP) is 3.91. The minimum Gasteiger partial charge on any atom is -0.336 e. The van der Waals surface area contributed by atoms with Gasteiger partial charge in [-0.1, -0.05) is 48.5 Å². The summed E-state index contributed by atoms with van der Waals surface area (Å²) in [4.78, 5) is 21.9. The fraction of sp³-hybridized carbons (Fsp3) is 0.222. The fourth-order valence-corrected chi connectivity index (χ4v) is 4.42. The second-order valence-electron chi connectivity index (χ2n) is 8.42. The highest BCUT2D eigenvalue weighted by Crippen LogP contribution is 2.21. The maximum Gasteiger partial charge on any atom is 0.254 e. The quantitative estimate of drug-likeness (QED) is 0.477. The normalized spacial score (nSPS) is 14.3. The number of nitriles is 1. The fourth-order valence-electron chi connectivity index (χ4n) is 4.42. The number of piperazine rings is 1. The van der Waals surface area contributed by atoms with Crippen LogP contribution in [0.4, 0.5) is 0 Å². The molecule has 0 bridgehead atoms. The number of aromatic nitrogens is 2. The molecule has 1 aromatic heterocycles. The Morgan fingerprint density at radius 2 is 1.67 bits per heavy atom. The lowest BCUT2D eigenvalue weighted by Crippen LogP contribution is -2.48. The first kappa shape index (κ1) is 20.9. The molecule has 3 aromatic carbocycles. The van der Waals surface area contributed by atoms with E-state index >= 15 is 0 Å². The van der Waals surface area contributed by atoms with Gasteiger partial charge in [-0.15, -0.1) is 0 Å². The zero-order chi connectivity index (χ0) is 22.6. The van der Waals surface area contributed by atoms with Crippen molar-refractivity contribution in [1.29, 1.82) is 5.26 Å². The molecular weight excluding hydrogens is 410 g/mol. The van der Waals surface area contributed by atoms with Crippen LogP contribution in [0.2, 0.25) is 0 Å². The summed E-state index contributed by atoms with van der Waals surface area (Å²) in [7, 11) is 0. The highest BCUT2D eigenvalue weighted by Gasteiger charge is 2.23. The molecular formula is C27H25N5O. The van der Waals surface area contributed by atoms with Crippen LogP contribution < -0.4 is 0 Å². The molecule has 0 saturated carbocycles. The van der Waals surface area contributed by atoms with Crippen molar-refractivity contribution in [2.24, 2.45) is 0 Å². The van der Waals surface area contributed by atoms with Gasteiger partial charge in [-0.05, 0) is 34.5 Å². The van der Waals surface area contributed by atoms with Crippen LogP contribution in [0.5, 0.6) is 0 Å². The Morgan fingerprint density at radius 3 is 2.45 bits per heavy atom. The number of benzene rings is 3. The maximum absolute atomic E-state index is 13.2. The number of fused-ring (bicyclic) bond motifs is 1. The van der Waals surface area contributed by atoms with E-state index in [4.69, 9.17) is 5.26 Å². The second-order valence-corrected chi connectivity index (χ2v) is 8.42. The molecule has 164 valence electrons. The molecule has 1 fully saturated rings. The summed E-state index contributed by atoms with van der Waals surface area (Å²) in [6.45, 7) is 4.61. The van der Waals surface area contributed by atoms with E-state index in [1.165, 1.54) is 0 Å². The van der Waals surface area contributed by atoms with Crippen LogP contribution in [-0.4, -0.2) is 51.4 Å². The highest BCUT2D eigenvalue weighted by atomic mass is 16.2. The van der Waals surface area contributed by atoms with Gasteiger partial charge >= 0.3 is 0 Å². The lowest BCUT2D eigenvalue weighted by atomic mass is 10.0. The monoisotopic (exact) mass is 435 g/mol. The number of hydrogen-bond donors (Lipinski definition) is 0. The van der Waals surface area contributed by atoms with Crippen LogP contribution in [0.3, 0.4) is 0 Å². The van der Waals surface area contributed by atoms with Gasteiger partial charge in [0.15, 0.2) is 0 Å². The molecule has 1 saturated heterocycles. The smallest absolute Gasteiger partial charge is 0.254 e. The Labute approximate surface area is 193 Å². The molecule has 1 amide bonds. The summed E-state index contributed by atoms with van der Waals surface area (Å²) in [6, 6.07) is 23.8. The minimum atomic E-state index is 0.109. The van der Waals surface area contributed by atoms with Crippen LogP contribution in [0.15, 0.2) is 79.3 Å². The van der Waals surface area contributed by atoms with Crippen molar-refractivity contribution < 1.29 is 4.79 Å². The van der Waals surface area contributed by atoms with Crippen molar-refractivity contribution in [3.8, 4) is 6.07 Å². The Hall–Kier alpha value is -3.95. The Morgan fingerprint density at radius 1 is 0.909 bits per heavy atom. The Bertz CT molecular complexity index is 1310. The first-order chi connectivity index (χ1) is 16.2. The molecule has 6 nitrogen and oxygen atoms in total. The number of nitrogens with zero attached hydrogens (tertiary/aromatic N) is 5. The van der Waals surface area contributed by atoms with Gasteiger partial charge < -0.3 is 9.47 Å². The average Bonchev–Trinajstić information content (AvgIpc) is 3.30. The minimum absolute atomic E-state index is 0.109. The lowest BCUT2D eigenvalue weighted by molar-refractivity contribution is 0.0627. The molecule has 0 unspecified atom stereocenters. The first-order valence-electron chi connectivity index (χ1n) is 11.2. The number of amides is 1. The van der Waals surface area contributed by atoms with Crippen LogP contribution in [-0.2, 0) is 13.1 Å². The van der Waals surface area contributed by atoms with E-state index in [0.717, 1.165) is 53.8 Å². The molecule has 2 heterocycles. The van der Waals surface area contributed by atoms with Gasteiger partial charge in [0.1, 0.15) is 0 Å². The molecule has 0 aliphatic carbocycles. The molecule has 1 aliphatic heterocycles. The van der Waals surface area contributed by atoms with Gasteiger partial charge in [0.2, 0.25) is 0 Å². The summed E-state index contributed by atoms with van der Waals surface area (Å²) >= 11 is 0. The summed E-state index contributed by atoms with van der Waals surface area (Å²) in [5.74, 6) is 0.109. The molecule has 0 N–H and O–H groups in total. The highest BCUT2D eigenvalue weighted by molar-refractivity contribution is 6.07. The van der Waals surface area contributed by atoms with Crippen molar-refractivity contribution in [1.82, 2.24) is 19.4 Å². The zero-order valence-corrected chi connectivity index (χ0v) is 18.4. The largest absolute Gasteiger partial charge is 0.336 e. The molecule has 1 aliphatic rings. The van der Waals surface area contributed by atoms with Gasteiger partial charge in [-0.2, -0.15) is 5.26 Å². The van der Waals surface area contributed by atoms with Crippen LogP contribution in [0, 0.1) is 11.3 Å². The van der Waals surface area contributed by atoms with Gasteiger partial charge in [0.05, 0.1) is 23.7 Å². The third-order valence-corrected chi connectivity index (χ3v) is 6.30. The maximum atomic E-state index is 13.2. The van der Waals surface area contributed by atoms with Crippen molar-refractivity contribution in [3.63, 3.8) is 0 Å². The molecule has 0 atom stereocenters. The number of imidazole rings is 1. The first-order valence-corrected chi connectivity index (χ1v) is 11.2. The standard InChI is InChI=1S/C27H25N5O/c28-16-21-8-10-22(11-9-21)18-32-20-29-17-24(32)19-30-12-14-31(15-13-30)27(33)26-7-3-5-23-4-1-2-6-25(23)26/h1-11,17,20H,12-15,18-19H2. The molecule has 33 heavy (non-hydrogen) atoms. The van der Waals surface area contributed by atoms with Crippen molar-refractivity contribution in [2.75, 3.05) is 26.2 Å². The Kier molecular flexibility index (Phi) is 5.88. The van der Waals surface area contributed by atoms with Gasteiger partial charge in [-0.3, -0.25) is 9.69 Å². The van der Waals surface area contributed by atoms with Crippen LogP contribution in [0.1, 0.15) is 27.2 Å². The van der Waals surface area contributed by atoms with E-state index in [1.54, 1.807) is 0 Å². The van der Waals surface area contributed by atoms with Crippen LogP contribution in [0.25, 0.3) is 10.8 Å². The topological polar surface area (TPSA) is 65.2 Å². The lowest BCUT2D eigenvalue weighted by Gasteiger charge is -2.35. The zero-order valence-electron chi connectivity index (χ0n) is 18.4. The van der Waals surface area contributed by atoms with Gasteiger partial charge in [-0.25, -0.2) is 4.98 Å². The summed E-state index contributed by atoms with van der Waals surface area (Å²) in [6.07, 6.45) is 3.77. The molecule has 6 heteroatoms. The van der Waals surface area contributed by atoms with Crippen molar-refractivity contribution in [3.05, 3.63) is 102 Å². The third-order valence-electron chi connectivity index (χ3n) is 6.30. The van der Waals surface area contributed by atoms with E-state index in [0.29, 0.717) is 18.7 Å². The number of carbonyl (C=O) groups excluding carboxylic acids is 1. The van der Waals surface area contributed by atoms with E-state index in [-0.39, 0.29) is 5.91 Å². The SMILES string of the molecule is N#Cc1ccc(Cn2cncc2CN2CCN(C(=O)c3cccc4ccccc34)CC2)cc1. The van der Waals surface area contributed by atoms with E-state index < -0.39 is 0 Å². The summed E-state index contributed by atoms with van der Waals surface area (Å²) in [5.41, 5.74) is 3.73. The number of carbonyl (C=O) groups is 1. The summed E-state index contributed by atoms with van der Waals surface area (Å²) in [5, 5.41) is 11.1. The van der Waals surface area contributed by atoms with Crippen LogP contribution >= 0.6 is 0 Å². The molecule has 5 rings (SSSR count). The predicted molar refractivity (Wildman–Crippen MR) is 128 cm³/mol. The average molecular weight is 436 g/mol. The van der Waals surface area contributed by atoms with E-state index in [1.807, 2.05) is 84.2 Å². The van der Waals surface area contributed by atoms with Gasteiger partial charge in [0, 0.05) is 51.0 Å². The van der Waals surface area contributed by atoms with Crippen molar-refractivity contribution in [2.45, 2.75) is 13.1 Å². The Balaban J connectivity index is 1.21. The molecule has 4 aromatic rings. The van der Waals surface area contributed by atoms with E-state index in [9.17, 15) is 4.79 Å². The summed E-state index contributed by atoms with van der Waals surface area (Å²) < 4.78 is 2.15. The number of rotatable bonds is 5. The third kappa shape index (κ3) is 4.50. The van der Waals surface area contributed by atoms with Gasteiger partial charge in [0.25, 0.3) is 5.91 Å².